The van der Waals surface area contributed by atoms with Gasteiger partial charge in [-0.3, -0.25) is 0 Å². The van der Waals surface area contributed by atoms with Gasteiger partial charge in [0.15, 0.2) is 0 Å². The van der Waals surface area contributed by atoms with Gasteiger partial charge in [-0.2, -0.15) is 0 Å². The summed E-state index contributed by atoms with van der Waals surface area (Å²) in [5.41, 5.74) is 0.971. The standard InChI is InChI=1S/C27H37BrO2Si/c1-7-23(18-21(2)26(29)19-22(3)28)20-30-31(27(4,5)6,24-14-10-8-11-15-24)25-16-12-9-13-17-25/h8-18,23,26,29H,3,7,19-20H2,1-2,4-6H3/b21-18-/t23-,26+/m1/s1. The molecule has 168 valence electrons. The summed E-state index contributed by atoms with van der Waals surface area (Å²) in [7, 11) is -2.55. The molecule has 4 heteroatoms. The Morgan fingerprint density at radius 3 is 1.94 bits per heavy atom. The lowest BCUT2D eigenvalue weighted by Gasteiger charge is -2.43. The second-order valence-electron chi connectivity index (χ2n) is 9.29. The third-order valence-electron chi connectivity index (χ3n) is 5.89. The largest absolute Gasteiger partial charge is 0.407 e. The predicted octanol–water partition coefficient (Wildman–Crippen LogP) is 6.20. The van der Waals surface area contributed by atoms with Crippen molar-refractivity contribution in [2.75, 3.05) is 6.61 Å². The Hall–Kier alpha value is -1.46. The molecule has 31 heavy (non-hydrogen) atoms. The van der Waals surface area contributed by atoms with Crippen molar-refractivity contribution in [2.45, 2.75) is 58.6 Å². The minimum atomic E-state index is -2.55. The fourth-order valence-corrected chi connectivity index (χ4v) is 9.06. The van der Waals surface area contributed by atoms with Crippen LogP contribution in [0, 0.1) is 5.92 Å². The van der Waals surface area contributed by atoms with Gasteiger partial charge >= 0.3 is 0 Å². The van der Waals surface area contributed by atoms with Crippen molar-refractivity contribution in [3.8, 4) is 0 Å². The van der Waals surface area contributed by atoms with E-state index in [0.29, 0.717) is 13.0 Å². The molecule has 0 saturated carbocycles. The lowest BCUT2D eigenvalue weighted by atomic mass is 10.0. The predicted molar refractivity (Wildman–Crippen MR) is 140 cm³/mol. The molecular weight excluding hydrogens is 464 g/mol. The van der Waals surface area contributed by atoms with E-state index >= 15 is 0 Å². The summed E-state index contributed by atoms with van der Waals surface area (Å²) < 4.78 is 7.88. The zero-order chi connectivity index (χ0) is 23.1. The van der Waals surface area contributed by atoms with Crippen LogP contribution < -0.4 is 10.4 Å². The number of hydrogen-bond acceptors (Lipinski definition) is 2. The highest BCUT2D eigenvalue weighted by Crippen LogP contribution is 2.37. The Kier molecular flexibility index (Phi) is 9.50. The highest BCUT2D eigenvalue weighted by molar-refractivity contribution is 9.11. The number of rotatable bonds is 10. The third kappa shape index (κ3) is 6.52. The molecule has 0 saturated heterocycles. The molecule has 0 heterocycles. The maximum atomic E-state index is 10.5. The van der Waals surface area contributed by atoms with Crippen molar-refractivity contribution < 1.29 is 9.53 Å². The normalized spacial score (nSPS) is 14.9. The molecule has 0 amide bonds. The monoisotopic (exact) mass is 500 g/mol. The van der Waals surface area contributed by atoms with Crippen LogP contribution in [0.3, 0.4) is 0 Å². The fourth-order valence-electron chi connectivity index (χ4n) is 4.13. The second kappa shape index (κ2) is 11.4. The first-order chi connectivity index (χ1) is 14.6. The van der Waals surface area contributed by atoms with Gasteiger partial charge in [-0.1, -0.05) is 117 Å². The van der Waals surface area contributed by atoms with E-state index in [0.717, 1.165) is 16.5 Å². The van der Waals surface area contributed by atoms with Crippen molar-refractivity contribution >= 4 is 34.6 Å². The van der Waals surface area contributed by atoms with Gasteiger partial charge < -0.3 is 9.53 Å². The molecule has 0 bridgehead atoms. The highest BCUT2D eigenvalue weighted by atomic mass is 79.9. The van der Waals surface area contributed by atoms with Gasteiger partial charge in [-0.05, 0) is 44.7 Å². The number of aliphatic hydroxyl groups is 1. The molecule has 2 nitrogen and oxygen atoms in total. The quantitative estimate of drug-likeness (QED) is 0.311. The Balaban J connectivity index is 2.43. The summed E-state index contributed by atoms with van der Waals surface area (Å²) in [6.07, 6.45) is 3.14. The van der Waals surface area contributed by atoms with Crippen LogP contribution in [0.5, 0.6) is 0 Å². The van der Waals surface area contributed by atoms with E-state index in [-0.39, 0.29) is 11.0 Å². The van der Waals surface area contributed by atoms with E-state index in [1.165, 1.54) is 10.4 Å². The van der Waals surface area contributed by atoms with E-state index in [4.69, 9.17) is 4.43 Å². The first-order valence-electron chi connectivity index (χ1n) is 11.1. The summed E-state index contributed by atoms with van der Waals surface area (Å²) in [6.45, 7) is 15.5. The van der Waals surface area contributed by atoms with Crippen LogP contribution in [-0.4, -0.2) is 26.1 Å². The lowest BCUT2D eigenvalue weighted by molar-refractivity contribution is 0.210. The molecule has 2 rings (SSSR count). The molecule has 0 aliphatic heterocycles. The van der Waals surface area contributed by atoms with Gasteiger partial charge in [0, 0.05) is 13.0 Å². The minimum absolute atomic E-state index is 0.0417. The summed E-state index contributed by atoms with van der Waals surface area (Å²) in [5.74, 6) is 0.236. The molecule has 2 atom stereocenters. The van der Waals surface area contributed by atoms with Crippen LogP contribution in [0.2, 0.25) is 5.04 Å². The van der Waals surface area contributed by atoms with Crippen LogP contribution in [0.4, 0.5) is 0 Å². The molecule has 0 fully saturated rings. The Bertz CT molecular complexity index is 816. The Morgan fingerprint density at radius 1 is 1.06 bits per heavy atom. The van der Waals surface area contributed by atoms with Gasteiger partial charge in [0.25, 0.3) is 8.32 Å². The van der Waals surface area contributed by atoms with E-state index in [2.05, 4.69) is 117 Å². The van der Waals surface area contributed by atoms with Crippen molar-refractivity contribution in [2.24, 2.45) is 5.92 Å². The average Bonchev–Trinajstić information content (AvgIpc) is 2.73. The van der Waals surface area contributed by atoms with E-state index in [1.54, 1.807) is 0 Å². The summed E-state index contributed by atoms with van der Waals surface area (Å²) in [4.78, 5) is 0. The van der Waals surface area contributed by atoms with Crippen molar-refractivity contribution in [1.82, 2.24) is 0 Å². The average molecular weight is 502 g/mol. The molecule has 0 aliphatic carbocycles. The second-order valence-corrected chi connectivity index (χ2v) is 14.7. The molecule has 1 N–H and O–H groups in total. The van der Waals surface area contributed by atoms with Crippen molar-refractivity contribution in [1.29, 1.82) is 0 Å². The Labute approximate surface area is 198 Å². The first-order valence-corrected chi connectivity index (χ1v) is 13.8. The lowest BCUT2D eigenvalue weighted by Crippen LogP contribution is -2.66. The van der Waals surface area contributed by atoms with E-state index in [1.807, 2.05) is 6.92 Å². The van der Waals surface area contributed by atoms with Crippen LogP contribution in [-0.2, 0) is 4.43 Å². The Morgan fingerprint density at radius 2 is 1.55 bits per heavy atom. The molecule has 0 spiro atoms. The minimum Gasteiger partial charge on any atom is -0.407 e. The van der Waals surface area contributed by atoms with Crippen LogP contribution >= 0.6 is 15.9 Å². The van der Waals surface area contributed by atoms with E-state index in [9.17, 15) is 5.11 Å². The van der Waals surface area contributed by atoms with Gasteiger partial charge in [-0.25, -0.2) is 0 Å². The van der Waals surface area contributed by atoms with Crippen molar-refractivity contribution in [3.05, 3.63) is 83.4 Å². The van der Waals surface area contributed by atoms with Gasteiger partial charge in [0.1, 0.15) is 0 Å². The highest BCUT2D eigenvalue weighted by Gasteiger charge is 2.50. The molecule has 2 aromatic rings. The molecule has 0 unspecified atom stereocenters. The summed E-state index contributed by atoms with van der Waals surface area (Å²) >= 11 is 3.36. The van der Waals surface area contributed by atoms with Crippen LogP contribution in [0.1, 0.15) is 47.5 Å². The zero-order valence-electron chi connectivity index (χ0n) is 19.6. The number of halogens is 1. The fraction of sp³-hybridized carbons (Fsp3) is 0.407. The number of aliphatic hydroxyl groups excluding tert-OH is 1. The summed E-state index contributed by atoms with van der Waals surface area (Å²) in [6, 6.07) is 21.5. The van der Waals surface area contributed by atoms with Gasteiger partial charge in [0.05, 0.1) is 6.10 Å². The molecule has 0 radical (unpaired) electrons. The van der Waals surface area contributed by atoms with Gasteiger partial charge in [0.2, 0.25) is 0 Å². The maximum absolute atomic E-state index is 10.5. The topological polar surface area (TPSA) is 29.5 Å². The summed E-state index contributed by atoms with van der Waals surface area (Å²) in [5, 5.41) is 13.0. The molecule has 0 aromatic heterocycles. The number of hydrogen-bond donors (Lipinski definition) is 1. The zero-order valence-corrected chi connectivity index (χ0v) is 22.2. The smallest absolute Gasteiger partial charge is 0.261 e. The van der Waals surface area contributed by atoms with E-state index < -0.39 is 14.4 Å². The molecule has 0 aliphatic rings. The number of benzene rings is 2. The third-order valence-corrected chi connectivity index (χ3v) is 11.2. The maximum Gasteiger partial charge on any atom is 0.261 e. The molecule has 2 aromatic carbocycles. The first kappa shape index (κ1) is 25.8. The van der Waals surface area contributed by atoms with Gasteiger partial charge in [-0.15, -0.1) is 0 Å². The van der Waals surface area contributed by atoms with Crippen LogP contribution in [0.25, 0.3) is 0 Å². The molecular formula is C27H37BrO2Si. The SMILES string of the molecule is C=C(Br)C[C@H](O)/C(C)=C\[C@@H](CC)CO[Si](c1ccccc1)(c1ccccc1)C(C)(C)C. The van der Waals surface area contributed by atoms with Crippen LogP contribution in [0.15, 0.2) is 83.4 Å². The van der Waals surface area contributed by atoms with Crippen molar-refractivity contribution in [3.63, 3.8) is 0 Å².